The fourth-order valence-corrected chi connectivity index (χ4v) is 5.10. The molecule has 202 valence electrons. The van der Waals surface area contributed by atoms with Crippen LogP contribution in [0.25, 0.3) is 0 Å². The van der Waals surface area contributed by atoms with E-state index < -0.39 is 28.5 Å². The van der Waals surface area contributed by atoms with E-state index in [-0.39, 0.29) is 28.1 Å². The Morgan fingerprint density at radius 1 is 1.07 bits per heavy atom. The van der Waals surface area contributed by atoms with E-state index in [1.165, 1.54) is 42.5 Å². The van der Waals surface area contributed by atoms with Crippen LogP contribution >= 0.6 is 23.4 Å². The monoisotopic (exact) mass is 577 g/mol. The first-order valence-corrected chi connectivity index (χ1v) is 13.1. The third-order valence-electron chi connectivity index (χ3n) is 5.92. The number of carbonyl (C=O) groups excluding carboxylic acids is 2. The first-order valence-electron chi connectivity index (χ1n) is 11.8. The third-order valence-corrected chi connectivity index (χ3v) is 7.19. The van der Waals surface area contributed by atoms with E-state index >= 15 is 4.39 Å². The number of allylic oxidation sites excluding steroid dienone is 2. The van der Waals surface area contributed by atoms with Crippen LogP contribution in [-0.4, -0.2) is 22.5 Å². The van der Waals surface area contributed by atoms with Crippen LogP contribution in [-0.2, 0) is 9.59 Å². The zero-order valence-corrected chi connectivity index (χ0v) is 22.5. The lowest BCUT2D eigenvalue weighted by atomic mass is 9.82. The first-order chi connectivity index (χ1) is 19.2. The molecule has 2 amide bonds. The SMILES string of the molecule is CC1=C(C(=O)Nc2ccc(Cl)cc2)[C@@H](c2ccccc2F)C(C#N)=C(SCC(=O)Nc2ccc([N+](=O)[O-])cc2)N1. The highest BCUT2D eigenvalue weighted by Gasteiger charge is 2.36. The lowest BCUT2D eigenvalue weighted by Crippen LogP contribution is -2.31. The van der Waals surface area contributed by atoms with Gasteiger partial charge < -0.3 is 16.0 Å². The number of non-ortho nitro benzene ring substituents is 1. The first kappa shape index (κ1) is 28.4. The molecule has 0 aliphatic carbocycles. The van der Waals surface area contributed by atoms with Crippen molar-refractivity contribution in [2.24, 2.45) is 0 Å². The number of thioether (sulfide) groups is 1. The number of rotatable bonds is 8. The van der Waals surface area contributed by atoms with Crippen molar-refractivity contribution >= 4 is 52.2 Å². The number of hydrogen-bond donors (Lipinski definition) is 3. The van der Waals surface area contributed by atoms with Gasteiger partial charge in [0.1, 0.15) is 5.82 Å². The molecule has 0 saturated carbocycles. The number of halogens is 2. The van der Waals surface area contributed by atoms with Gasteiger partial charge in [-0.1, -0.05) is 41.6 Å². The Morgan fingerprint density at radius 3 is 2.33 bits per heavy atom. The standard InChI is InChI=1S/C28H21ClFN5O4S/c1-16-25(27(37)34-19-8-6-17(29)7-9-19)26(21-4-2-3-5-23(21)30)22(14-31)28(32-16)40-15-24(36)33-18-10-12-20(13-11-18)35(38)39/h2-13,26,32H,15H2,1H3,(H,33,36)(H,34,37)/t26-/m0/s1. The number of nitro groups is 1. The average molecular weight is 578 g/mol. The maximum atomic E-state index is 15.0. The van der Waals surface area contributed by atoms with Crippen molar-refractivity contribution in [3.05, 3.63) is 121 Å². The van der Waals surface area contributed by atoms with Gasteiger partial charge >= 0.3 is 0 Å². The summed E-state index contributed by atoms with van der Waals surface area (Å²) < 4.78 is 15.0. The molecule has 40 heavy (non-hydrogen) atoms. The fraction of sp³-hybridized carbons (Fsp3) is 0.107. The van der Waals surface area contributed by atoms with Crippen molar-refractivity contribution in [1.82, 2.24) is 5.32 Å². The minimum absolute atomic E-state index is 0.0742. The Labute approximate surface area is 237 Å². The fourth-order valence-electron chi connectivity index (χ4n) is 4.08. The molecule has 0 unspecified atom stereocenters. The van der Waals surface area contributed by atoms with Crippen molar-refractivity contribution in [1.29, 1.82) is 5.26 Å². The lowest BCUT2D eigenvalue weighted by Gasteiger charge is -2.30. The molecule has 0 spiro atoms. The molecular weight excluding hydrogens is 557 g/mol. The molecule has 3 aromatic carbocycles. The van der Waals surface area contributed by atoms with Crippen molar-refractivity contribution in [3.63, 3.8) is 0 Å². The molecule has 4 rings (SSSR count). The quantitative estimate of drug-likeness (QED) is 0.217. The van der Waals surface area contributed by atoms with E-state index in [1.807, 2.05) is 0 Å². The number of dihydropyridines is 1. The lowest BCUT2D eigenvalue weighted by molar-refractivity contribution is -0.384. The van der Waals surface area contributed by atoms with Crippen molar-refractivity contribution < 1.29 is 18.9 Å². The second kappa shape index (κ2) is 12.5. The van der Waals surface area contributed by atoms with Crippen LogP contribution in [0.4, 0.5) is 21.5 Å². The van der Waals surface area contributed by atoms with Crippen LogP contribution in [0, 0.1) is 27.3 Å². The maximum Gasteiger partial charge on any atom is 0.269 e. The van der Waals surface area contributed by atoms with Crippen LogP contribution < -0.4 is 16.0 Å². The molecule has 12 heteroatoms. The molecule has 1 aliphatic rings. The number of nitrogens with zero attached hydrogens (tertiary/aromatic N) is 2. The molecule has 0 fully saturated rings. The summed E-state index contributed by atoms with van der Waals surface area (Å²) in [6.07, 6.45) is 0. The van der Waals surface area contributed by atoms with Gasteiger partial charge in [-0.05, 0) is 49.4 Å². The highest BCUT2D eigenvalue weighted by atomic mass is 35.5. The molecule has 3 N–H and O–H groups in total. The van der Waals surface area contributed by atoms with E-state index in [1.54, 1.807) is 37.3 Å². The van der Waals surface area contributed by atoms with Crippen molar-refractivity contribution in [3.8, 4) is 6.07 Å². The minimum Gasteiger partial charge on any atom is -0.353 e. The zero-order valence-electron chi connectivity index (χ0n) is 20.9. The predicted molar refractivity (Wildman–Crippen MR) is 152 cm³/mol. The number of nitriles is 1. The molecule has 0 radical (unpaired) electrons. The minimum atomic E-state index is -1.04. The summed E-state index contributed by atoms with van der Waals surface area (Å²) in [6.45, 7) is 1.64. The van der Waals surface area contributed by atoms with Gasteiger partial charge in [-0.2, -0.15) is 5.26 Å². The van der Waals surface area contributed by atoms with Crippen LogP contribution in [0.1, 0.15) is 18.4 Å². The number of amides is 2. The van der Waals surface area contributed by atoms with E-state index in [0.29, 0.717) is 27.1 Å². The molecule has 3 aromatic rings. The highest BCUT2D eigenvalue weighted by Crippen LogP contribution is 2.41. The molecule has 1 aliphatic heterocycles. The summed E-state index contributed by atoms with van der Waals surface area (Å²) in [5, 5.41) is 30.2. The summed E-state index contributed by atoms with van der Waals surface area (Å²) in [7, 11) is 0. The Morgan fingerprint density at radius 2 is 1.70 bits per heavy atom. The molecule has 0 aromatic heterocycles. The predicted octanol–water partition coefficient (Wildman–Crippen LogP) is 6.09. The molecule has 0 bridgehead atoms. The van der Waals surface area contributed by atoms with E-state index in [9.17, 15) is 25.0 Å². The van der Waals surface area contributed by atoms with Gasteiger partial charge in [-0.25, -0.2) is 4.39 Å². The van der Waals surface area contributed by atoms with Gasteiger partial charge in [0.05, 0.1) is 33.3 Å². The second-order valence-electron chi connectivity index (χ2n) is 8.57. The number of nitro benzene ring substituents is 1. The number of benzene rings is 3. The molecule has 1 atom stereocenters. The van der Waals surface area contributed by atoms with Gasteiger partial charge in [0.2, 0.25) is 5.91 Å². The van der Waals surface area contributed by atoms with Gasteiger partial charge in [0.25, 0.3) is 11.6 Å². The molecular formula is C28H21ClFN5O4S. The Hall–Kier alpha value is -4.66. The van der Waals surface area contributed by atoms with Gasteiger partial charge in [0, 0.05) is 45.4 Å². The smallest absolute Gasteiger partial charge is 0.269 e. The van der Waals surface area contributed by atoms with Gasteiger partial charge in [-0.3, -0.25) is 19.7 Å². The van der Waals surface area contributed by atoms with E-state index in [4.69, 9.17) is 11.6 Å². The largest absolute Gasteiger partial charge is 0.353 e. The summed E-state index contributed by atoms with van der Waals surface area (Å²) in [6, 6.07) is 19.8. The molecule has 1 heterocycles. The highest BCUT2D eigenvalue weighted by molar-refractivity contribution is 8.03. The van der Waals surface area contributed by atoms with Crippen LogP contribution in [0.2, 0.25) is 5.02 Å². The number of anilines is 2. The molecule has 0 saturated heterocycles. The van der Waals surface area contributed by atoms with Crippen LogP contribution in [0.15, 0.2) is 94.7 Å². The Bertz CT molecular complexity index is 1580. The molecule has 9 nitrogen and oxygen atoms in total. The second-order valence-corrected chi connectivity index (χ2v) is 10.00. The van der Waals surface area contributed by atoms with Gasteiger partial charge in [-0.15, -0.1) is 0 Å². The Kier molecular flexibility index (Phi) is 8.83. The third kappa shape index (κ3) is 6.48. The van der Waals surface area contributed by atoms with Crippen molar-refractivity contribution in [2.75, 3.05) is 16.4 Å². The Balaban J connectivity index is 1.60. The summed E-state index contributed by atoms with van der Waals surface area (Å²) in [4.78, 5) is 36.4. The van der Waals surface area contributed by atoms with Crippen LogP contribution in [0.3, 0.4) is 0 Å². The summed E-state index contributed by atoms with van der Waals surface area (Å²) in [5.41, 5.74) is 1.46. The maximum absolute atomic E-state index is 15.0. The van der Waals surface area contributed by atoms with Crippen molar-refractivity contribution in [2.45, 2.75) is 12.8 Å². The number of hydrogen-bond acceptors (Lipinski definition) is 7. The summed E-state index contributed by atoms with van der Waals surface area (Å²) >= 11 is 6.95. The average Bonchev–Trinajstić information content (AvgIpc) is 2.93. The van der Waals surface area contributed by atoms with Crippen LogP contribution in [0.5, 0.6) is 0 Å². The van der Waals surface area contributed by atoms with Gasteiger partial charge in [0.15, 0.2) is 0 Å². The topological polar surface area (TPSA) is 137 Å². The summed E-state index contributed by atoms with van der Waals surface area (Å²) in [5.74, 6) is -2.73. The van der Waals surface area contributed by atoms with E-state index in [0.717, 1.165) is 11.8 Å². The van der Waals surface area contributed by atoms with E-state index in [2.05, 4.69) is 22.0 Å². The number of nitrogens with one attached hydrogen (secondary N) is 3. The normalized spacial score (nSPS) is 14.7. The zero-order chi connectivity index (χ0) is 28.8. The number of carbonyl (C=O) groups is 2.